The second-order valence-corrected chi connectivity index (χ2v) is 3.17. The van der Waals surface area contributed by atoms with Crippen molar-refractivity contribution in [2.24, 2.45) is 0 Å². The van der Waals surface area contributed by atoms with Crippen molar-refractivity contribution in [2.45, 2.75) is 6.67 Å². The van der Waals surface area contributed by atoms with Gasteiger partial charge in [-0.2, -0.15) is 0 Å². The van der Waals surface area contributed by atoms with Gasteiger partial charge < -0.3 is 9.52 Å². The molecule has 0 amide bonds. The normalized spacial score (nSPS) is 10.3. The van der Waals surface area contributed by atoms with E-state index in [1.54, 1.807) is 24.3 Å². The molecule has 0 unspecified atom stereocenters. The van der Waals surface area contributed by atoms with E-state index in [4.69, 9.17) is 9.52 Å². The van der Waals surface area contributed by atoms with Crippen LogP contribution in [0.25, 0.3) is 11.5 Å². The van der Waals surface area contributed by atoms with Crippen LogP contribution >= 0.6 is 0 Å². The van der Waals surface area contributed by atoms with E-state index in [1.807, 2.05) is 0 Å². The number of carbonyl (C=O) groups is 1. The van der Waals surface area contributed by atoms with E-state index in [0.29, 0.717) is 11.1 Å². The monoisotopic (exact) mass is 221 g/mol. The fourth-order valence-electron chi connectivity index (χ4n) is 1.24. The standard InChI is InChI=1S/C11H8FNO3/c12-5-7-1-3-8(4-2-7)10-13-9(6-16-10)11(14)15/h1-4,6H,5H2,(H,14,15). The molecule has 5 heteroatoms. The third-order valence-electron chi connectivity index (χ3n) is 2.08. The van der Waals surface area contributed by atoms with Crippen molar-refractivity contribution in [3.63, 3.8) is 0 Å². The molecule has 82 valence electrons. The van der Waals surface area contributed by atoms with Crippen LogP contribution in [0.3, 0.4) is 0 Å². The summed E-state index contributed by atoms with van der Waals surface area (Å²) >= 11 is 0. The number of carboxylic acids is 1. The maximum Gasteiger partial charge on any atom is 0.357 e. The molecule has 0 bridgehead atoms. The Bertz CT molecular complexity index is 504. The van der Waals surface area contributed by atoms with Gasteiger partial charge in [-0.05, 0) is 17.7 Å². The molecule has 0 saturated heterocycles. The van der Waals surface area contributed by atoms with Crippen molar-refractivity contribution < 1.29 is 18.7 Å². The summed E-state index contributed by atoms with van der Waals surface area (Å²) in [6.45, 7) is -0.535. The van der Waals surface area contributed by atoms with Gasteiger partial charge in [0.25, 0.3) is 0 Å². The van der Waals surface area contributed by atoms with Gasteiger partial charge in [0.05, 0.1) is 0 Å². The Morgan fingerprint density at radius 1 is 1.38 bits per heavy atom. The predicted octanol–water partition coefficient (Wildman–Crippen LogP) is 2.51. The van der Waals surface area contributed by atoms with Crippen molar-refractivity contribution in [2.75, 3.05) is 0 Å². The molecular weight excluding hydrogens is 213 g/mol. The minimum atomic E-state index is -1.14. The molecule has 2 aromatic rings. The molecule has 16 heavy (non-hydrogen) atoms. The summed E-state index contributed by atoms with van der Waals surface area (Å²) in [5.74, 6) is -0.932. The van der Waals surface area contributed by atoms with Gasteiger partial charge in [-0.3, -0.25) is 0 Å². The van der Waals surface area contributed by atoms with E-state index in [9.17, 15) is 9.18 Å². The number of hydrogen-bond donors (Lipinski definition) is 1. The first-order valence-corrected chi connectivity index (χ1v) is 4.55. The summed E-state index contributed by atoms with van der Waals surface area (Å²) in [5, 5.41) is 8.66. The zero-order chi connectivity index (χ0) is 11.5. The SMILES string of the molecule is O=C(O)c1coc(-c2ccc(CF)cc2)n1. The molecule has 0 aliphatic rings. The molecule has 0 aliphatic heterocycles. The number of aromatic nitrogens is 1. The van der Waals surface area contributed by atoms with E-state index >= 15 is 0 Å². The van der Waals surface area contributed by atoms with Gasteiger partial charge in [0, 0.05) is 5.56 Å². The number of aromatic carboxylic acids is 1. The van der Waals surface area contributed by atoms with E-state index in [0.717, 1.165) is 6.26 Å². The number of carboxylic acid groups (broad SMARTS) is 1. The van der Waals surface area contributed by atoms with Gasteiger partial charge in [0.1, 0.15) is 12.9 Å². The first-order chi connectivity index (χ1) is 7.70. The quantitative estimate of drug-likeness (QED) is 0.864. The molecule has 1 heterocycles. The van der Waals surface area contributed by atoms with Crippen molar-refractivity contribution in [1.82, 2.24) is 4.98 Å². The molecule has 0 radical (unpaired) electrons. The Labute approximate surface area is 90.4 Å². The van der Waals surface area contributed by atoms with Crippen LogP contribution in [-0.2, 0) is 6.67 Å². The lowest BCUT2D eigenvalue weighted by Gasteiger charge is -1.96. The lowest BCUT2D eigenvalue weighted by atomic mass is 10.1. The largest absolute Gasteiger partial charge is 0.476 e. The average molecular weight is 221 g/mol. The Kier molecular flexibility index (Phi) is 2.68. The van der Waals surface area contributed by atoms with Gasteiger partial charge in [0.2, 0.25) is 5.89 Å². The third kappa shape index (κ3) is 1.93. The summed E-state index contributed by atoms with van der Waals surface area (Å²) in [7, 11) is 0. The van der Waals surface area contributed by atoms with Crippen molar-refractivity contribution >= 4 is 5.97 Å². The maximum absolute atomic E-state index is 12.3. The van der Waals surface area contributed by atoms with Crippen LogP contribution in [0.1, 0.15) is 16.1 Å². The molecule has 0 fully saturated rings. The molecule has 0 aliphatic carbocycles. The van der Waals surface area contributed by atoms with E-state index in [1.165, 1.54) is 0 Å². The Morgan fingerprint density at radius 2 is 2.06 bits per heavy atom. The number of benzene rings is 1. The number of halogens is 1. The molecule has 1 N–H and O–H groups in total. The van der Waals surface area contributed by atoms with Crippen LogP contribution in [0.2, 0.25) is 0 Å². The highest BCUT2D eigenvalue weighted by molar-refractivity contribution is 5.85. The highest BCUT2D eigenvalue weighted by Crippen LogP contribution is 2.19. The third-order valence-corrected chi connectivity index (χ3v) is 2.08. The first-order valence-electron chi connectivity index (χ1n) is 4.55. The molecule has 0 atom stereocenters. The number of alkyl halides is 1. The summed E-state index contributed by atoms with van der Waals surface area (Å²) in [4.78, 5) is 14.3. The minimum absolute atomic E-state index is 0.149. The van der Waals surface area contributed by atoms with Crippen LogP contribution in [-0.4, -0.2) is 16.1 Å². The summed E-state index contributed by atoms with van der Waals surface area (Å²) in [6.07, 6.45) is 1.07. The lowest BCUT2D eigenvalue weighted by Crippen LogP contribution is -1.95. The summed E-state index contributed by atoms with van der Waals surface area (Å²) < 4.78 is 17.3. The van der Waals surface area contributed by atoms with E-state index in [2.05, 4.69) is 4.98 Å². The number of rotatable bonds is 3. The zero-order valence-corrected chi connectivity index (χ0v) is 8.18. The molecule has 1 aromatic heterocycles. The Balaban J connectivity index is 2.31. The van der Waals surface area contributed by atoms with E-state index < -0.39 is 12.6 Å². The topological polar surface area (TPSA) is 63.3 Å². The Hall–Kier alpha value is -2.17. The molecule has 1 aromatic carbocycles. The Morgan fingerprint density at radius 3 is 2.56 bits per heavy atom. The molecule has 2 rings (SSSR count). The fraction of sp³-hybridized carbons (Fsp3) is 0.0909. The van der Waals surface area contributed by atoms with Crippen LogP contribution in [0, 0.1) is 0 Å². The predicted molar refractivity (Wildman–Crippen MR) is 53.7 cm³/mol. The van der Waals surface area contributed by atoms with E-state index in [-0.39, 0.29) is 11.6 Å². The van der Waals surface area contributed by atoms with Gasteiger partial charge in [-0.25, -0.2) is 14.2 Å². The second-order valence-electron chi connectivity index (χ2n) is 3.17. The average Bonchev–Trinajstić information content (AvgIpc) is 2.78. The molecule has 0 spiro atoms. The minimum Gasteiger partial charge on any atom is -0.476 e. The van der Waals surface area contributed by atoms with Crippen LogP contribution in [0.15, 0.2) is 34.9 Å². The molecule has 0 saturated carbocycles. The second kappa shape index (κ2) is 4.14. The van der Waals surface area contributed by atoms with Crippen molar-refractivity contribution in [3.05, 3.63) is 41.8 Å². The number of nitrogens with zero attached hydrogens (tertiary/aromatic N) is 1. The van der Waals surface area contributed by atoms with Gasteiger partial charge >= 0.3 is 5.97 Å². The highest BCUT2D eigenvalue weighted by atomic mass is 19.1. The smallest absolute Gasteiger partial charge is 0.357 e. The van der Waals surface area contributed by atoms with Gasteiger partial charge in [0.15, 0.2) is 5.69 Å². The zero-order valence-electron chi connectivity index (χ0n) is 8.18. The summed E-state index contributed by atoms with van der Waals surface area (Å²) in [5.41, 5.74) is 1.02. The van der Waals surface area contributed by atoms with Gasteiger partial charge in [-0.15, -0.1) is 0 Å². The number of oxazole rings is 1. The highest BCUT2D eigenvalue weighted by Gasteiger charge is 2.11. The summed E-state index contributed by atoms with van der Waals surface area (Å²) in [6, 6.07) is 6.46. The number of hydrogen-bond acceptors (Lipinski definition) is 3. The van der Waals surface area contributed by atoms with Crippen molar-refractivity contribution in [3.8, 4) is 11.5 Å². The molecular formula is C11H8FNO3. The fourth-order valence-corrected chi connectivity index (χ4v) is 1.24. The molecule has 4 nitrogen and oxygen atoms in total. The van der Waals surface area contributed by atoms with Crippen LogP contribution in [0.5, 0.6) is 0 Å². The maximum atomic E-state index is 12.3. The van der Waals surface area contributed by atoms with Crippen LogP contribution in [0.4, 0.5) is 4.39 Å². The van der Waals surface area contributed by atoms with Crippen molar-refractivity contribution in [1.29, 1.82) is 0 Å². The first kappa shape index (κ1) is 10.4. The lowest BCUT2D eigenvalue weighted by molar-refractivity contribution is 0.0690. The van der Waals surface area contributed by atoms with Crippen LogP contribution < -0.4 is 0 Å². The van der Waals surface area contributed by atoms with Gasteiger partial charge in [-0.1, -0.05) is 12.1 Å².